The maximum atomic E-state index is 12.9. The lowest BCUT2D eigenvalue weighted by Gasteiger charge is -2.18. The van der Waals surface area contributed by atoms with Crippen LogP contribution in [0.2, 0.25) is 0 Å². The minimum Gasteiger partial charge on any atom is -0.859 e. The second-order valence-electron chi connectivity index (χ2n) is 7.57. The number of aromatic nitrogens is 2. The fraction of sp³-hybridized carbons (Fsp3) is 0.0769. The number of pyridine rings is 2. The molecule has 0 aliphatic carbocycles. The van der Waals surface area contributed by atoms with Crippen LogP contribution in [0.15, 0.2) is 67.9 Å². The van der Waals surface area contributed by atoms with Gasteiger partial charge in [0.15, 0.2) is 0 Å². The molecule has 2 N–H and O–H groups in total. The van der Waals surface area contributed by atoms with E-state index in [2.05, 4.69) is 9.97 Å². The fourth-order valence-corrected chi connectivity index (χ4v) is 6.13. The molecule has 0 atom stereocenters. The van der Waals surface area contributed by atoms with Gasteiger partial charge in [0.2, 0.25) is 0 Å². The molecule has 0 radical (unpaired) electrons. The van der Waals surface area contributed by atoms with Crippen LogP contribution < -0.4 is 30.8 Å². The van der Waals surface area contributed by atoms with Crippen molar-refractivity contribution in [2.75, 3.05) is 14.2 Å². The number of nitrogens with one attached hydrogen (secondary N) is 2. The van der Waals surface area contributed by atoms with Gasteiger partial charge in [-0.15, -0.1) is 0 Å². The van der Waals surface area contributed by atoms with Crippen molar-refractivity contribution in [2.45, 2.75) is 9.79 Å². The van der Waals surface area contributed by atoms with Crippen LogP contribution in [0.5, 0.6) is 23.3 Å². The average Bonchev–Trinajstić information content (AvgIpc) is 2.92. The van der Waals surface area contributed by atoms with Gasteiger partial charge in [-0.25, -0.2) is 0 Å². The summed E-state index contributed by atoms with van der Waals surface area (Å²) in [5, 5.41) is 44.2. The van der Waals surface area contributed by atoms with Crippen LogP contribution in [0.25, 0.3) is 22.3 Å². The van der Waals surface area contributed by atoms with Gasteiger partial charge in [-0.05, 0) is 68.7 Å². The van der Waals surface area contributed by atoms with Gasteiger partial charge in [0, 0.05) is 11.1 Å². The standard InChI is InChI=1S/C26H18N4O6S2/c1-35-15-7-3-13(4-8-15)19-17(11-27)23(31)29-25(33)21(19)37-38-22-20(14-5-9-16(36-2)10-6-14)18(12-28)24(32)30-26(22)34/h3-10H,1-2H3,(H2,29,31,33)(H2,30,32,34)/p-2. The monoisotopic (exact) mass is 544 g/mol. The highest BCUT2D eigenvalue weighted by Crippen LogP contribution is 2.45. The molecule has 0 aliphatic rings. The number of nitrogens with zero attached hydrogens (tertiary/aromatic N) is 2. The third-order valence-electron chi connectivity index (χ3n) is 5.46. The zero-order valence-electron chi connectivity index (χ0n) is 19.8. The number of nitriles is 2. The summed E-state index contributed by atoms with van der Waals surface area (Å²) in [5.41, 5.74) is -1.10. The molecule has 10 nitrogen and oxygen atoms in total. The number of methoxy groups -OCH3 is 2. The number of hydrogen-bond donors (Lipinski definition) is 2. The molecule has 190 valence electrons. The zero-order valence-corrected chi connectivity index (χ0v) is 21.4. The van der Waals surface area contributed by atoms with Crippen LogP contribution in [0, 0.1) is 22.7 Å². The van der Waals surface area contributed by atoms with Gasteiger partial charge in [-0.1, -0.05) is 24.3 Å². The normalized spacial score (nSPS) is 10.4. The number of hydrogen-bond acceptors (Lipinski definition) is 10. The molecule has 4 rings (SSSR count). The summed E-state index contributed by atoms with van der Waals surface area (Å²) in [7, 11) is 4.61. The maximum Gasteiger partial charge on any atom is 0.262 e. The van der Waals surface area contributed by atoms with Crippen molar-refractivity contribution in [1.29, 1.82) is 10.5 Å². The van der Waals surface area contributed by atoms with Crippen molar-refractivity contribution in [3.63, 3.8) is 0 Å². The average molecular weight is 545 g/mol. The number of rotatable bonds is 7. The predicted molar refractivity (Wildman–Crippen MR) is 138 cm³/mol. The van der Waals surface area contributed by atoms with Gasteiger partial charge < -0.3 is 29.7 Å². The van der Waals surface area contributed by atoms with Gasteiger partial charge >= 0.3 is 0 Å². The molecule has 0 fully saturated rings. The van der Waals surface area contributed by atoms with E-state index >= 15 is 0 Å². The van der Waals surface area contributed by atoms with E-state index in [1.807, 2.05) is 12.1 Å². The van der Waals surface area contributed by atoms with Crippen molar-refractivity contribution in [2.24, 2.45) is 0 Å². The maximum absolute atomic E-state index is 12.9. The van der Waals surface area contributed by atoms with E-state index in [1.165, 1.54) is 14.2 Å². The van der Waals surface area contributed by atoms with E-state index in [0.717, 1.165) is 21.6 Å². The molecule has 2 aromatic carbocycles. The van der Waals surface area contributed by atoms with Gasteiger partial charge in [-0.3, -0.25) is 9.59 Å². The zero-order chi connectivity index (χ0) is 27.4. The van der Waals surface area contributed by atoms with Crippen molar-refractivity contribution in [3.8, 4) is 57.7 Å². The third-order valence-corrected chi connectivity index (χ3v) is 7.91. The Morgan fingerprint density at radius 2 is 1.03 bits per heavy atom. The molecule has 2 aromatic heterocycles. The summed E-state index contributed by atoms with van der Waals surface area (Å²) >= 11 is 0. The number of benzene rings is 2. The summed E-state index contributed by atoms with van der Waals surface area (Å²) in [6.07, 6.45) is 0. The minimum atomic E-state index is -0.850. The Morgan fingerprint density at radius 1 is 0.684 bits per heavy atom. The first-order valence-electron chi connectivity index (χ1n) is 10.7. The minimum absolute atomic E-state index is 0.0129. The lowest BCUT2D eigenvalue weighted by Crippen LogP contribution is -2.16. The van der Waals surface area contributed by atoms with Crippen LogP contribution in [0.4, 0.5) is 0 Å². The first-order chi connectivity index (χ1) is 18.3. The van der Waals surface area contributed by atoms with E-state index in [-0.39, 0.29) is 32.0 Å². The number of aromatic amines is 2. The lowest BCUT2D eigenvalue weighted by atomic mass is 10.0. The van der Waals surface area contributed by atoms with Crippen LogP contribution in [-0.4, -0.2) is 24.2 Å². The Kier molecular flexibility index (Phi) is 7.67. The van der Waals surface area contributed by atoms with E-state index < -0.39 is 22.9 Å². The van der Waals surface area contributed by atoms with Crippen molar-refractivity contribution < 1.29 is 19.7 Å². The molecule has 0 saturated carbocycles. The Hall–Kier alpha value is -4.78. The van der Waals surface area contributed by atoms with E-state index in [0.29, 0.717) is 22.6 Å². The van der Waals surface area contributed by atoms with E-state index in [1.54, 1.807) is 48.5 Å². The first kappa shape index (κ1) is 26.3. The quantitative estimate of drug-likeness (QED) is 0.328. The van der Waals surface area contributed by atoms with Crippen molar-refractivity contribution in [1.82, 2.24) is 9.97 Å². The molecule has 0 unspecified atom stereocenters. The summed E-state index contributed by atoms with van der Waals surface area (Å²) < 4.78 is 10.3. The van der Waals surface area contributed by atoms with E-state index in [4.69, 9.17) is 9.47 Å². The predicted octanol–water partition coefficient (Wildman–Crippen LogP) is 3.10. The summed E-state index contributed by atoms with van der Waals surface area (Å²) in [5.74, 6) is -0.644. The largest absolute Gasteiger partial charge is 0.859 e. The summed E-state index contributed by atoms with van der Waals surface area (Å²) in [6.45, 7) is 0. The molecular formula is C26H16N4O6S2-2. The molecule has 38 heavy (non-hydrogen) atoms. The van der Waals surface area contributed by atoms with Gasteiger partial charge in [0.25, 0.3) is 11.1 Å². The molecule has 2 heterocycles. The summed E-state index contributed by atoms with van der Waals surface area (Å²) in [6, 6.07) is 16.5. The Morgan fingerprint density at radius 3 is 1.32 bits per heavy atom. The number of ether oxygens (including phenoxy) is 2. The molecular weight excluding hydrogens is 528 g/mol. The highest BCUT2D eigenvalue weighted by Gasteiger charge is 2.21. The van der Waals surface area contributed by atoms with Crippen LogP contribution >= 0.6 is 21.6 Å². The lowest BCUT2D eigenvalue weighted by molar-refractivity contribution is -0.276. The Labute approximate surface area is 223 Å². The van der Waals surface area contributed by atoms with Gasteiger partial charge in [0.1, 0.15) is 23.6 Å². The van der Waals surface area contributed by atoms with Crippen LogP contribution in [0.1, 0.15) is 11.1 Å². The fourth-order valence-electron chi connectivity index (χ4n) is 3.65. The third kappa shape index (κ3) is 4.91. The first-order valence-corrected chi connectivity index (χ1v) is 12.9. The van der Waals surface area contributed by atoms with E-state index in [9.17, 15) is 30.3 Å². The van der Waals surface area contributed by atoms with Crippen molar-refractivity contribution in [3.05, 3.63) is 80.4 Å². The van der Waals surface area contributed by atoms with Crippen LogP contribution in [-0.2, 0) is 0 Å². The SMILES string of the molecule is COc1ccc(-c2c(C#N)c([O-])[nH]c(=O)c2SSc2c(-c3ccc(OC)cc3)c(C#N)c([O-])[nH]c2=O)cc1. The number of H-pyrrole nitrogens is 2. The second-order valence-corrected chi connectivity index (χ2v) is 9.72. The Balaban J connectivity index is 1.88. The van der Waals surface area contributed by atoms with Gasteiger partial charge in [0.05, 0.1) is 35.1 Å². The highest BCUT2D eigenvalue weighted by atomic mass is 33.1. The smallest absolute Gasteiger partial charge is 0.262 e. The molecule has 12 heteroatoms. The molecule has 0 aliphatic heterocycles. The van der Waals surface area contributed by atoms with Gasteiger partial charge in [-0.2, -0.15) is 10.5 Å². The van der Waals surface area contributed by atoms with Crippen LogP contribution in [0.3, 0.4) is 0 Å². The summed E-state index contributed by atoms with van der Waals surface area (Å²) in [4.78, 5) is 30.1. The molecule has 0 saturated heterocycles. The Bertz CT molecular complexity index is 1590. The molecule has 0 amide bonds. The van der Waals surface area contributed by atoms with Crippen molar-refractivity contribution >= 4 is 21.6 Å². The highest BCUT2D eigenvalue weighted by molar-refractivity contribution is 8.76. The second kappa shape index (κ2) is 11.1. The topological polar surface area (TPSA) is 178 Å². The molecule has 4 aromatic rings. The molecule has 0 spiro atoms. The molecule has 0 bridgehead atoms.